The molecule has 0 aromatic carbocycles. The van der Waals surface area contributed by atoms with E-state index in [9.17, 15) is 4.79 Å². The number of nitrogens with one attached hydrogen (secondary N) is 1. The normalized spacial score (nSPS) is 30.1. The number of amides is 1. The third-order valence-corrected chi connectivity index (χ3v) is 6.04. The van der Waals surface area contributed by atoms with Gasteiger partial charge in [-0.15, -0.1) is 22.9 Å². The van der Waals surface area contributed by atoms with Gasteiger partial charge in [0.2, 0.25) is 5.91 Å². The second-order valence-corrected chi connectivity index (χ2v) is 7.26. The van der Waals surface area contributed by atoms with Crippen molar-refractivity contribution in [2.24, 2.45) is 5.92 Å². The molecule has 0 aliphatic heterocycles. The molecule has 0 spiro atoms. The highest BCUT2D eigenvalue weighted by Gasteiger charge is 2.29. The maximum absolute atomic E-state index is 12.4. The Kier molecular flexibility index (Phi) is 4.13. The Labute approximate surface area is 123 Å². The SMILES string of the molecule is O=C(NCC1CCCC1Cl)C1CCCc2sccc21. The van der Waals surface area contributed by atoms with E-state index in [-0.39, 0.29) is 17.2 Å². The molecule has 0 bridgehead atoms. The molecule has 1 fully saturated rings. The topological polar surface area (TPSA) is 29.1 Å². The third kappa shape index (κ3) is 2.82. The summed E-state index contributed by atoms with van der Waals surface area (Å²) in [6.45, 7) is 0.753. The largest absolute Gasteiger partial charge is 0.355 e. The lowest BCUT2D eigenvalue weighted by Crippen LogP contribution is -2.35. The van der Waals surface area contributed by atoms with Gasteiger partial charge in [-0.2, -0.15) is 0 Å². The Morgan fingerprint density at radius 2 is 2.26 bits per heavy atom. The number of alkyl halides is 1. The van der Waals surface area contributed by atoms with Crippen LogP contribution in [0.2, 0.25) is 0 Å². The molecule has 1 amide bonds. The number of carbonyl (C=O) groups excluding carboxylic acids is 1. The smallest absolute Gasteiger partial charge is 0.227 e. The van der Waals surface area contributed by atoms with Gasteiger partial charge >= 0.3 is 0 Å². The van der Waals surface area contributed by atoms with Crippen molar-refractivity contribution < 1.29 is 4.79 Å². The van der Waals surface area contributed by atoms with Gasteiger partial charge in [-0.25, -0.2) is 0 Å². The summed E-state index contributed by atoms with van der Waals surface area (Å²) >= 11 is 8.05. The van der Waals surface area contributed by atoms with E-state index in [1.807, 2.05) is 0 Å². The molecular formula is C15H20ClNOS. The van der Waals surface area contributed by atoms with Crippen LogP contribution in [-0.4, -0.2) is 17.8 Å². The van der Waals surface area contributed by atoms with E-state index in [2.05, 4.69) is 16.8 Å². The standard InChI is InChI=1S/C15H20ClNOS/c16-13-5-1-3-10(13)9-17-15(18)12-4-2-6-14-11(12)7-8-19-14/h7-8,10,12-13H,1-6,9H2,(H,17,18). The lowest BCUT2D eigenvalue weighted by molar-refractivity contribution is -0.123. The van der Waals surface area contributed by atoms with E-state index < -0.39 is 0 Å². The monoisotopic (exact) mass is 297 g/mol. The average molecular weight is 298 g/mol. The van der Waals surface area contributed by atoms with Crippen LogP contribution < -0.4 is 5.32 Å². The molecule has 1 aromatic heterocycles. The predicted octanol–water partition coefficient (Wildman–Crippen LogP) is 3.69. The quantitative estimate of drug-likeness (QED) is 0.847. The Bertz CT molecular complexity index is 459. The van der Waals surface area contributed by atoms with Gasteiger partial charge in [-0.3, -0.25) is 4.79 Å². The van der Waals surface area contributed by atoms with Crippen LogP contribution in [-0.2, 0) is 11.2 Å². The maximum Gasteiger partial charge on any atom is 0.227 e. The molecule has 0 radical (unpaired) electrons. The van der Waals surface area contributed by atoms with E-state index in [0.29, 0.717) is 5.92 Å². The zero-order valence-corrected chi connectivity index (χ0v) is 12.6. The first kappa shape index (κ1) is 13.4. The summed E-state index contributed by atoms with van der Waals surface area (Å²) < 4.78 is 0. The minimum atomic E-state index is 0.0742. The van der Waals surface area contributed by atoms with Crippen molar-refractivity contribution in [1.29, 1.82) is 0 Å². The van der Waals surface area contributed by atoms with Crippen LogP contribution >= 0.6 is 22.9 Å². The zero-order chi connectivity index (χ0) is 13.2. The molecule has 1 N–H and O–H groups in total. The van der Waals surface area contributed by atoms with Crippen molar-refractivity contribution in [3.63, 3.8) is 0 Å². The third-order valence-electron chi connectivity index (χ3n) is 4.47. The summed E-state index contributed by atoms with van der Waals surface area (Å²) in [5.74, 6) is 0.747. The van der Waals surface area contributed by atoms with Crippen LogP contribution in [0.4, 0.5) is 0 Å². The number of thiophene rings is 1. The fourth-order valence-corrected chi connectivity index (χ4v) is 4.69. The van der Waals surface area contributed by atoms with Crippen LogP contribution in [0.5, 0.6) is 0 Å². The summed E-state index contributed by atoms with van der Waals surface area (Å²) in [4.78, 5) is 13.8. The Morgan fingerprint density at radius 1 is 1.37 bits per heavy atom. The molecule has 2 aliphatic carbocycles. The molecular weight excluding hydrogens is 278 g/mol. The number of fused-ring (bicyclic) bond motifs is 1. The lowest BCUT2D eigenvalue weighted by Gasteiger charge is -2.23. The predicted molar refractivity (Wildman–Crippen MR) is 80.0 cm³/mol. The Balaban J connectivity index is 1.59. The van der Waals surface area contributed by atoms with Crippen LogP contribution in [0.1, 0.15) is 48.5 Å². The maximum atomic E-state index is 12.4. The van der Waals surface area contributed by atoms with E-state index in [1.54, 1.807) is 11.3 Å². The molecule has 19 heavy (non-hydrogen) atoms. The van der Waals surface area contributed by atoms with Gasteiger partial charge in [0.1, 0.15) is 0 Å². The molecule has 2 nitrogen and oxygen atoms in total. The molecule has 3 rings (SSSR count). The van der Waals surface area contributed by atoms with Gasteiger partial charge in [-0.05, 0) is 55.0 Å². The minimum Gasteiger partial charge on any atom is -0.355 e. The number of carbonyl (C=O) groups is 1. The Morgan fingerprint density at radius 3 is 3.05 bits per heavy atom. The molecule has 3 atom stereocenters. The fourth-order valence-electron chi connectivity index (χ4n) is 3.34. The van der Waals surface area contributed by atoms with E-state index in [1.165, 1.54) is 16.9 Å². The van der Waals surface area contributed by atoms with Gasteiger partial charge in [0.25, 0.3) is 0 Å². The number of hydrogen-bond acceptors (Lipinski definition) is 2. The molecule has 104 valence electrons. The molecule has 1 aromatic rings. The number of halogens is 1. The summed E-state index contributed by atoms with van der Waals surface area (Å²) in [5, 5.41) is 5.50. The molecule has 0 saturated heterocycles. The minimum absolute atomic E-state index is 0.0742. The highest BCUT2D eigenvalue weighted by Crippen LogP contribution is 2.35. The van der Waals surface area contributed by atoms with Gasteiger partial charge in [0.05, 0.1) is 5.92 Å². The van der Waals surface area contributed by atoms with E-state index >= 15 is 0 Å². The van der Waals surface area contributed by atoms with E-state index in [0.717, 1.165) is 38.6 Å². The molecule has 1 heterocycles. The second kappa shape index (κ2) is 5.84. The van der Waals surface area contributed by atoms with Gasteiger partial charge < -0.3 is 5.32 Å². The summed E-state index contributed by atoms with van der Waals surface area (Å²) in [6.07, 6.45) is 6.72. The molecule has 1 saturated carbocycles. The van der Waals surface area contributed by atoms with Crippen molar-refractivity contribution in [3.8, 4) is 0 Å². The Hall–Kier alpha value is -0.540. The van der Waals surface area contributed by atoms with Gasteiger partial charge in [0.15, 0.2) is 0 Å². The number of aryl methyl sites for hydroxylation is 1. The summed E-state index contributed by atoms with van der Waals surface area (Å²) in [6, 6.07) is 2.13. The van der Waals surface area contributed by atoms with Crippen LogP contribution in [0.15, 0.2) is 11.4 Å². The van der Waals surface area contributed by atoms with Crippen molar-refractivity contribution in [1.82, 2.24) is 5.32 Å². The van der Waals surface area contributed by atoms with Gasteiger partial charge in [0, 0.05) is 16.8 Å². The first-order valence-electron chi connectivity index (χ1n) is 7.23. The van der Waals surface area contributed by atoms with Crippen molar-refractivity contribution >= 4 is 28.8 Å². The first-order valence-corrected chi connectivity index (χ1v) is 8.55. The fraction of sp³-hybridized carbons (Fsp3) is 0.667. The van der Waals surface area contributed by atoms with Crippen molar-refractivity contribution in [2.45, 2.75) is 49.8 Å². The van der Waals surface area contributed by atoms with Gasteiger partial charge in [-0.1, -0.05) is 6.42 Å². The highest BCUT2D eigenvalue weighted by molar-refractivity contribution is 7.10. The average Bonchev–Trinajstić information content (AvgIpc) is 3.04. The number of hydrogen-bond donors (Lipinski definition) is 1. The summed E-state index contributed by atoms with van der Waals surface area (Å²) in [5.41, 5.74) is 1.27. The summed E-state index contributed by atoms with van der Waals surface area (Å²) in [7, 11) is 0. The number of rotatable bonds is 3. The van der Waals surface area contributed by atoms with Crippen LogP contribution in [0.3, 0.4) is 0 Å². The first-order chi connectivity index (χ1) is 9.25. The van der Waals surface area contributed by atoms with E-state index in [4.69, 9.17) is 11.6 Å². The second-order valence-electron chi connectivity index (χ2n) is 5.70. The zero-order valence-electron chi connectivity index (χ0n) is 11.0. The van der Waals surface area contributed by atoms with Crippen molar-refractivity contribution in [2.75, 3.05) is 6.54 Å². The lowest BCUT2D eigenvalue weighted by atomic mass is 9.87. The molecule has 2 aliphatic rings. The highest BCUT2D eigenvalue weighted by atomic mass is 35.5. The van der Waals surface area contributed by atoms with Crippen molar-refractivity contribution in [3.05, 3.63) is 21.9 Å². The van der Waals surface area contributed by atoms with Crippen LogP contribution in [0.25, 0.3) is 0 Å². The van der Waals surface area contributed by atoms with Crippen LogP contribution in [0, 0.1) is 5.92 Å². The molecule has 4 heteroatoms. The molecule has 3 unspecified atom stereocenters.